The highest BCUT2D eigenvalue weighted by Gasteiger charge is 2.57. The number of carboxylic acid groups (broad SMARTS) is 1. The Hall–Kier alpha value is -6.93. The lowest BCUT2D eigenvalue weighted by Crippen LogP contribution is -2.69. The van der Waals surface area contributed by atoms with Crippen molar-refractivity contribution < 1.29 is 47.9 Å². The van der Waals surface area contributed by atoms with Crippen LogP contribution in [0.4, 0.5) is 16.2 Å². The lowest BCUT2D eigenvalue weighted by atomic mass is 9.79. The number of carbonyl (C=O) groups excluding carboxylic acids is 4. The van der Waals surface area contributed by atoms with Crippen molar-refractivity contribution in [2.75, 3.05) is 11.9 Å². The van der Waals surface area contributed by atoms with E-state index < -0.39 is 67.9 Å². The molecule has 6 rings (SSSR count). The van der Waals surface area contributed by atoms with E-state index in [0.29, 0.717) is 21.5 Å². The van der Waals surface area contributed by atoms with Gasteiger partial charge in [-0.2, -0.15) is 0 Å². The molecule has 1 heterocycles. The highest BCUT2D eigenvalue weighted by Crippen LogP contribution is 2.50. The number of carboxylic acids is 1. The zero-order valence-corrected chi connectivity index (χ0v) is 40.8. The van der Waals surface area contributed by atoms with Crippen LogP contribution < -0.4 is 21.2 Å². The average Bonchev–Trinajstić information content (AvgIpc) is 3.31. The first-order valence-electron chi connectivity index (χ1n) is 22.1. The van der Waals surface area contributed by atoms with Gasteiger partial charge in [0.15, 0.2) is 14.1 Å². The summed E-state index contributed by atoms with van der Waals surface area (Å²) in [5.41, 5.74) is 0.720. The van der Waals surface area contributed by atoms with Crippen LogP contribution in [0.15, 0.2) is 146 Å². The number of carbonyl (C=O) groups is 5. The number of hydrogen-bond donors (Lipinski definition) is 2. The maximum Gasteiger partial charge on any atom is 0.411 e. The van der Waals surface area contributed by atoms with Gasteiger partial charge in [-0.1, -0.05) is 137 Å². The number of hydrogen-bond acceptors (Lipinski definition) is 10. The zero-order valence-electron chi connectivity index (χ0n) is 38.9. The summed E-state index contributed by atoms with van der Waals surface area (Å²) in [6.45, 7) is 12.0. The van der Waals surface area contributed by atoms with Gasteiger partial charge in [0.1, 0.15) is 18.6 Å². The van der Waals surface area contributed by atoms with Crippen LogP contribution in [0, 0.1) is 16.0 Å². The molecule has 0 bridgehead atoms. The summed E-state index contributed by atoms with van der Waals surface area (Å²) in [4.78, 5) is 82.1. The van der Waals surface area contributed by atoms with Gasteiger partial charge in [-0.25, -0.2) is 9.59 Å². The second-order valence-corrected chi connectivity index (χ2v) is 26.0. The third kappa shape index (κ3) is 10.9. The third-order valence-electron chi connectivity index (χ3n) is 12.5. The molecule has 2 N–H and O–H groups in total. The third-order valence-corrected chi connectivity index (χ3v) is 21.3. The minimum absolute atomic E-state index is 0.0740. The van der Waals surface area contributed by atoms with E-state index in [1.807, 2.05) is 91.0 Å². The molecule has 14 nitrogen and oxygen atoms in total. The first kappa shape index (κ1) is 50.5. The van der Waals surface area contributed by atoms with Crippen molar-refractivity contribution in [3.63, 3.8) is 0 Å². The fourth-order valence-electron chi connectivity index (χ4n) is 8.15. The van der Waals surface area contributed by atoms with Gasteiger partial charge in [-0.15, -0.1) is 0 Å². The summed E-state index contributed by atoms with van der Waals surface area (Å²) < 4.78 is 17.5. The number of anilines is 1. The molecule has 1 aliphatic rings. The smallest absolute Gasteiger partial charge is 0.411 e. The molecule has 354 valence electrons. The monoisotopic (exact) mass is 957 g/mol. The molecule has 5 aromatic carbocycles. The molecule has 0 unspecified atom stereocenters. The number of amides is 2. The van der Waals surface area contributed by atoms with Gasteiger partial charge >= 0.3 is 18.0 Å². The minimum atomic E-state index is -3.40. The first-order valence-corrected chi connectivity index (χ1v) is 26.8. The first-order chi connectivity index (χ1) is 32.3. The maximum absolute atomic E-state index is 15.1. The summed E-state index contributed by atoms with van der Waals surface area (Å²) in [5.74, 6) is -3.87. The van der Waals surface area contributed by atoms with E-state index in [1.165, 1.54) is 53.4 Å². The van der Waals surface area contributed by atoms with Crippen LogP contribution in [0.5, 0.6) is 0 Å². The van der Waals surface area contributed by atoms with E-state index >= 15 is 4.79 Å². The minimum Gasteiger partial charge on any atom is -0.477 e. The number of aliphatic carboxylic acids is 1. The van der Waals surface area contributed by atoms with Crippen molar-refractivity contribution in [1.82, 2.24) is 4.90 Å². The van der Waals surface area contributed by atoms with E-state index in [-0.39, 0.29) is 59.0 Å². The SMILES string of the molecule is C=CCOC(=O)Nc1cc(C(=O)C[C@@H]2[C@@H]([C@@H](C)O[Si](C)(C)C(C)(C)C)C(=O)N2C(C(=O)O)=P(c2ccccc2)(c2ccccc2)c2ccccc2)ccc1CC(=O)OCc1ccc([N+](=O)[O-])cc1. The number of esters is 1. The van der Waals surface area contributed by atoms with Gasteiger partial charge in [0.25, 0.3) is 5.69 Å². The van der Waals surface area contributed by atoms with Gasteiger partial charge in [0, 0.05) is 36.7 Å². The Morgan fingerprint density at radius 2 is 1.41 bits per heavy atom. The second-order valence-electron chi connectivity index (χ2n) is 18.0. The molecular formula is C52H56N3O11PSi. The predicted octanol–water partition coefficient (Wildman–Crippen LogP) is 8.63. The van der Waals surface area contributed by atoms with Crippen LogP contribution in [-0.2, 0) is 41.3 Å². The van der Waals surface area contributed by atoms with Gasteiger partial charge in [-0.3, -0.25) is 29.8 Å². The Labute approximate surface area is 397 Å². The van der Waals surface area contributed by atoms with Gasteiger partial charge in [0.2, 0.25) is 5.91 Å². The number of likely N-dealkylation sites (tertiary alicyclic amines) is 1. The number of non-ortho nitro benzene ring substituents is 1. The Bertz CT molecular complexity index is 2640. The molecule has 16 heteroatoms. The lowest BCUT2D eigenvalue weighted by molar-refractivity contribution is -0.384. The molecule has 1 fully saturated rings. The summed E-state index contributed by atoms with van der Waals surface area (Å²) in [6.07, 6.45) is -0.878. The molecule has 0 radical (unpaired) electrons. The van der Waals surface area contributed by atoms with Crippen LogP contribution in [0.25, 0.3) is 0 Å². The summed E-state index contributed by atoms with van der Waals surface area (Å²) in [6, 6.07) is 36.8. The predicted molar refractivity (Wildman–Crippen MR) is 267 cm³/mol. The molecule has 1 saturated heterocycles. The van der Waals surface area contributed by atoms with Crippen molar-refractivity contribution in [3.8, 4) is 0 Å². The van der Waals surface area contributed by atoms with Gasteiger partial charge in [-0.05, 0) is 70.3 Å². The second kappa shape index (κ2) is 21.4. The van der Waals surface area contributed by atoms with Crippen LogP contribution in [-0.4, -0.2) is 77.1 Å². The van der Waals surface area contributed by atoms with Crippen molar-refractivity contribution in [1.29, 1.82) is 0 Å². The number of rotatable bonds is 19. The Morgan fingerprint density at radius 3 is 1.90 bits per heavy atom. The number of benzene rings is 5. The Kier molecular flexibility index (Phi) is 15.9. The van der Waals surface area contributed by atoms with Crippen molar-refractivity contribution in [3.05, 3.63) is 173 Å². The molecule has 5 aromatic rings. The quantitative estimate of drug-likeness (QED) is 0.0118. The number of nitrogens with one attached hydrogen (secondary N) is 1. The van der Waals surface area contributed by atoms with E-state index in [1.54, 1.807) is 6.92 Å². The largest absolute Gasteiger partial charge is 0.477 e. The molecule has 68 heavy (non-hydrogen) atoms. The molecule has 0 saturated carbocycles. The number of ether oxygens (including phenoxy) is 2. The Balaban J connectivity index is 1.45. The molecule has 2 amide bonds. The van der Waals surface area contributed by atoms with Gasteiger partial charge in [0.05, 0.1) is 29.4 Å². The van der Waals surface area contributed by atoms with Gasteiger partial charge < -0.3 is 23.9 Å². The number of nitro groups is 1. The van der Waals surface area contributed by atoms with E-state index in [2.05, 4.69) is 45.8 Å². The number of ketones is 1. The summed E-state index contributed by atoms with van der Waals surface area (Å²) in [5, 5.41) is 27.2. The molecule has 0 aliphatic carbocycles. The van der Waals surface area contributed by atoms with Crippen LogP contribution in [0.3, 0.4) is 0 Å². The van der Waals surface area contributed by atoms with E-state index in [0.717, 1.165) is 0 Å². The number of Topliss-reactive ketones (excluding diaryl/α,β-unsaturated/α-hetero) is 1. The lowest BCUT2D eigenvalue weighted by Gasteiger charge is -2.52. The fourth-order valence-corrected chi connectivity index (χ4v) is 13.9. The molecule has 0 aromatic heterocycles. The summed E-state index contributed by atoms with van der Waals surface area (Å²) in [7, 11) is -2.52. The zero-order chi connectivity index (χ0) is 49.4. The number of nitro benzene ring substituents is 1. The van der Waals surface area contributed by atoms with Crippen LogP contribution in [0.1, 0.15) is 55.6 Å². The normalized spacial score (nSPS) is 15.3. The van der Waals surface area contributed by atoms with E-state index in [4.69, 9.17) is 13.9 Å². The van der Waals surface area contributed by atoms with Crippen LogP contribution in [0.2, 0.25) is 18.1 Å². The average molecular weight is 958 g/mol. The van der Waals surface area contributed by atoms with Crippen molar-refractivity contribution in [2.45, 2.75) is 77.4 Å². The van der Waals surface area contributed by atoms with Crippen molar-refractivity contribution >= 4 is 77.6 Å². The highest BCUT2D eigenvalue weighted by molar-refractivity contribution is 7.96. The number of β-lactam (4-membered cyclic amide) rings is 1. The Morgan fingerprint density at radius 1 is 0.868 bits per heavy atom. The molecule has 1 aliphatic heterocycles. The standard InChI is InChI=1S/C52H56N3O11PSi/c1-8-30-64-51(61)53-43-31-38(27-26-37(43)32-46(57)65-34-36-24-28-39(29-25-36)55(62)63)45(56)33-44-47(35(2)66-68(6,7)52(3,4)5)48(58)54(44)49(50(59)60)67(40-18-12-9-13-19-40,41-20-14-10-15-21-41)42-22-16-11-17-23-42/h8-29,31,35,44,47H,1,30,32-34H2,2-7H3,(H,53,61)(H,59,60)/t35-,44-,47-/m1/s1. The molecular weight excluding hydrogens is 902 g/mol. The summed E-state index contributed by atoms with van der Waals surface area (Å²) >= 11 is 0. The molecule has 0 spiro atoms. The molecule has 3 atom stereocenters. The van der Waals surface area contributed by atoms with Crippen LogP contribution >= 0.6 is 6.89 Å². The maximum atomic E-state index is 15.1. The fraction of sp³-hybridized carbons (Fsp3) is 0.269. The topological polar surface area (TPSA) is 192 Å². The highest BCUT2D eigenvalue weighted by atomic mass is 31.2. The van der Waals surface area contributed by atoms with Crippen molar-refractivity contribution in [2.24, 2.45) is 5.92 Å². The number of nitrogens with zero attached hydrogens (tertiary/aromatic N) is 2. The van der Waals surface area contributed by atoms with E-state index in [9.17, 15) is 34.4 Å².